The third-order valence-electron chi connectivity index (χ3n) is 11.7. The highest BCUT2D eigenvalue weighted by atomic mass is 16.5. The molecule has 1 fully saturated rings. The summed E-state index contributed by atoms with van der Waals surface area (Å²) in [6.45, 7) is 22.3. The molecule has 9 atom stereocenters. The third-order valence-corrected chi connectivity index (χ3v) is 11.7. The zero-order valence-corrected chi connectivity index (χ0v) is 37.3. The number of carbonyl (C=O) groups excluding carboxylic acids is 5. The molecule has 1 saturated heterocycles. The van der Waals surface area contributed by atoms with Crippen LogP contribution in [0.4, 0.5) is 0 Å². The first-order valence-corrected chi connectivity index (χ1v) is 20.7. The van der Waals surface area contributed by atoms with Gasteiger partial charge in [0.15, 0.2) is 0 Å². The van der Waals surface area contributed by atoms with Gasteiger partial charge in [-0.05, 0) is 48.8 Å². The molecule has 2 N–H and O–H groups in total. The van der Waals surface area contributed by atoms with Gasteiger partial charge >= 0.3 is 5.97 Å². The second kappa shape index (κ2) is 24.1. The van der Waals surface area contributed by atoms with Crippen molar-refractivity contribution < 1.29 is 38.2 Å². The van der Waals surface area contributed by atoms with Gasteiger partial charge in [0.1, 0.15) is 12.1 Å². The van der Waals surface area contributed by atoms with E-state index in [1.54, 1.807) is 37.0 Å². The zero-order chi connectivity index (χ0) is 43.9. The van der Waals surface area contributed by atoms with Crippen LogP contribution in [-0.4, -0.2) is 135 Å². The van der Waals surface area contributed by atoms with Crippen molar-refractivity contribution in [2.45, 2.75) is 123 Å². The number of amides is 4. The second-order valence-corrected chi connectivity index (χ2v) is 16.6. The van der Waals surface area contributed by atoms with Crippen LogP contribution in [0.2, 0.25) is 0 Å². The highest BCUT2D eigenvalue weighted by Gasteiger charge is 2.43. The lowest BCUT2D eigenvalue weighted by molar-refractivity contribution is -0.149. The normalized spacial score (nSPS) is 18.4. The average molecular weight is 812 g/mol. The number of methoxy groups -OCH3 is 3. The van der Waals surface area contributed by atoms with E-state index >= 15 is 0 Å². The van der Waals surface area contributed by atoms with E-state index in [1.807, 2.05) is 83.8 Å². The van der Waals surface area contributed by atoms with Crippen LogP contribution < -0.4 is 10.6 Å². The molecule has 2 rings (SSSR count). The van der Waals surface area contributed by atoms with Crippen molar-refractivity contribution in [1.82, 2.24) is 25.3 Å². The minimum Gasteiger partial charge on any atom is -0.467 e. The molecule has 4 amide bonds. The lowest BCUT2D eigenvalue weighted by atomic mass is 9.89. The van der Waals surface area contributed by atoms with Crippen LogP contribution in [0.5, 0.6) is 0 Å². The van der Waals surface area contributed by atoms with Gasteiger partial charge in [-0.15, -0.1) is 0 Å². The van der Waals surface area contributed by atoms with Crippen molar-refractivity contribution in [2.24, 2.45) is 23.7 Å². The maximum absolute atomic E-state index is 14.4. The Morgan fingerprint density at radius 1 is 0.931 bits per heavy atom. The summed E-state index contributed by atoms with van der Waals surface area (Å²) in [5.41, 5.74) is 1.66. The van der Waals surface area contributed by atoms with Crippen molar-refractivity contribution in [1.29, 1.82) is 0 Å². The molecule has 1 aliphatic heterocycles. The Hall–Kier alpha value is -4.07. The molecule has 0 aromatic heterocycles. The second-order valence-electron chi connectivity index (χ2n) is 16.6. The maximum atomic E-state index is 14.4. The number of nitrogens with one attached hydrogen (secondary N) is 2. The minimum atomic E-state index is -0.898. The van der Waals surface area contributed by atoms with Crippen molar-refractivity contribution in [3.8, 4) is 0 Å². The molecular formula is C45H73N5O8. The quantitative estimate of drug-likeness (QED) is 0.113. The molecule has 0 radical (unpaired) electrons. The number of hydrogen-bond donors (Lipinski definition) is 2. The summed E-state index contributed by atoms with van der Waals surface area (Å²) in [5.74, 6) is -2.66. The Labute approximate surface area is 348 Å². The summed E-state index contributed by atoms with van der Waals surface area (Å²) in [6.07, 6.45) is 2.66. The number of nitrogens with zero attached hydrogens (tertiary/aromatic N) is 3. The monoisotopic (exact) mass is 812 g/mol. The summed E-state index contributed by atoms with van der Waals surface area (Å²) in [4.78, 5) is 74.3. The highest BCUT2D eigenvalue weighted by Crippen LogP contribution is 2.30. The standard InChI is InChI=1S/C45H73N5O8/c1-15-30(7)27-48(10)39(29(5)6)43(53)47-38(28(3)4)44(54)49(11)40(31(8)16-2)36(56-12)26-37(51)50-24-20-23-35(50)41(57-13)32(9)42(52)46-34(45(55)58-14)25-33-21-18-17-19-22-33/h15,17-19,21-22,28-29,31-32,34-36,38-41H,1,7,16,20,23-27H2,2-6,8-14H3,(H,46,52)(H,47,53)/t31-,32+,34-,35-,36+,38-,39-,40-,41+/m0/s1. The molecule has 1 heterocycles. The predicted octanol–water partition coefficient (Wildman–Crippen LogP) is 4.65. The van der Waals surface area contributed by atoms with Gasteiger partial charge in [-0.3, -0.25) is 24.1 Å². The van der Waals surface area contributed by atoms with Gasteiger partial charge in [0.2, 0.25) is 23.6 Å². The van der Waals surface area contributed by atoms with Gasteiger partial charge in [0.25, 0.3) is 0 Å². The number of hydrogen-bond acceptors (Lipinski definition) is 9. The van der Waals surface area contributed by atoms with Gasteiger partial charge in [-0.2, -0.15) is 0 Å². The first-order valence-electron chi connectivity index (χ1n) is 20.7. The lowest BCUT2D eigenvalue weighted by Gasteiger charge is -2.41. The van der Waals surface area contributed by atoms with E-state index in [9.17, 15) is 24.0 Å². The van der Waals surface area contributed by atoms with E-state index in [0.717, 1.165) is 17.6 Å². The molecule has 1 aromatic carbocycles. The Morgan fingerprint density at radius 2 is 1.57 bits per heavy atom. The van der Waals surface area contributed by atoms with Crippen molar-refractivity contribution in [3.05, 3.63) is 60.7 Å². The first-order chi connectivity index (χ1) is 27.4. The number of carbonyl (C=O) groups is 5. The van der Waals surface area contributed by atoms with Gasteiger partial charge in [-0.1, -0.05) is 104 Å². The largest absolute Gasteiger partial charge is 0.467 e. The Morgan fingerprint density at radius 3 is 2.09 bits per heavy atom. The smallest absolute Gasteiger partial charge is 0.328 e. The molecule has 0 unspecified atom stereocenters. The van der Waals surface area contributed by atoms with E-state index in [-0.39, 0.29) is 54.2 Å². The van der Waals surface area contributed by atoms with E-state index in [1.165, 1.54) is 14.2 Å². The lowest BCUT2D eigenvalue weighted by Crippen LogP contribution is -2.60. The summed E-state index contributed by atoms with van der Waals surface area (Å²) in [5, 5.41) is 5.93. The number of likely N-dealkylation sites (N-methyl/N-ethyl adjacent to an activating group) is 2. The van der Waals surface area contributed by atoms with Gasteiger partial charge < -0.3 is 34.6 Å². The Bertz CT molecular complexity index is 1520. The van der Waals surface area contributed by atoms with Gasteiger partial charge in [0.05, 0.1) is 49.8 Å². The number of benzene rings is 1. The van der Waals surface area contributed by atoms with Crippen LogP contribution in [0, 0.1) is 23.7 Å². The van der Waals surface area contributed by atoms with E-state index in [4.69, 9.17) is 14.2 Å². The summed E-state index contributed by atoms with van der Waals surface area (Å²) in [7, 11) is 7.94. The van der Waals surface area contributed by atoms with Crippen molar-refractivity contribution >= 4 is 29.6 Å². The zero-order valence-electron chi connectivity index (χ0n) is 37.3. The van der Waals surface area contributed by atoms with Crippen LogP contribution in [-0.2, 0) is 44.6 Å². The molecular weight excluding hydrogens is 739 g/mol. The molecule has 58 heavy (non-hydrogen) atoms. The average Bonchev–Trinajstić information content (AvgIpc) is 3.68. The van der Waals surface area contributed by atoms with Crippen LogP contribution in [0.15, 0.2) is 55.1 Å². The first kappa shape index (κ1) is 50.1. The summed E-state index contributed by atoms with van der Waals surface area (Å²) in [6, 6.07) is 6.25. The molecule has 1 aromatic rings. The maximum Gasteiger partial charge on any atom is 0.328 e. The van der Waals surface area contributed by atoms with E-state index in [2.05, 4.69) is 23.8 Å². The van der Waals surface area contributed by atoms with Crippen LogP contribution in [0.3, 0.4) is 0 Å². The number of esters is 1. The predicted molar refractivity (Wildman–Crippen MR) is 228 cm³/mol. The number of ether oxygens (including phenoxy) is 3. The molecule has 1 aliphatic rings. The van der Waals surface area contributed by atoms with Crippen LogP contribution in [0.25, 0.3) is 0 Å². The molecule has 0 spiro atoms. The van der Waals surface area contributed by atoms with Crippen LogP contribution in [0.1, 0.15) is 79.7 Å². The topological polar surface area (TPSA) is 147 Å². The van der Waals surface area contributed by atoms with Crippen LogP contribution >= 0.6 is 0 Å². The Balaban J connectivity index is 2.30. The molecule has 13 heteroatoms. The van der Waals surface area contributed by atoms with E-state index < -0.39 is 54.3 Å². The Kier molecular flexibility index (Phi) is 20.8. The van der Waals surface area contributed by atoms with E-state index in [0.29, 0.717) is 25.9 Å². The fraction of sp³-hybridized carbons (Fsp3) is 0.667. The number of rotatable bonds is 24. The molecule has 13 nitrogen and oxygen atoms in total. The molecule has 0 aliphatic carbocycles. The fourth-order valence-electron chi connectivity index (χ4n) is 8.26. The third kappa shape index (κ3) is 13.5. The molecule has 0 bridgehead atoms. The van der Waals surface area contributed by atoms with Crippen molar-refractivity contribution in [2.75, 3.05) is 48.5 Å². The number of likely N-dealkylation sites (tertiary alicyclic amines) is 1. The summed E-state index contributed by atoms with van der Waals surface area (Å²) < 4.78 is 17.0. The molecule has 326 valence electrons. The fourth-order valence-corrected chi connectivity index (χ4v) is 8.26. The minimum absolute atomic E-state index is 0.00968. The SMILES string of the molecule is C=CC(=C)CN(C)[C@H](C(=O)N[C@H](C(=O)N(C)[C@@H]([C@@H](C)CC)[C@@H](CC(=O)N1CCC[C@H]1[C@H](OC)[C@@H](C)C(=O)N[C@@H](Cc1ccccc1)C(=O)OC)OC)C(C)C)C(C)C. The van der Waals surface area contributed by atoms with Gasteiger partial charge in [0, 0.05) is 40.8 Å². The molecule has 0 saturated carbocycles. The highest BCUT2D eigenvalue weighted by molar-refractivity contribution is 5.90. The van der Waals surface area contributed by atoms with Crippen molar-refractivity contribution in [3.63, 3.8) is 0 Å². The van der Waals surface area contributed by atoms with Gasteiger partial charge in [-0.25, -0.2) is 4.79 Å². The summed E-state index contributed by atoms with van der Waals surface area (Å²) >= 11 is 0.